The molecule has 0 unspecified atom stereocenters. The summed E-state index contributed by atoms with van der Waals surface area (Å²) in [6, 6.07) is 3.65. The van der Waals surface area contributed by atoms with E-state index in [-0.39, 0.29) is 12.5 Å². The molecule has 0 aliphatic carbocycles. The van der Waals surface area contributed by atoms with E-state index < -0.39 is 0 Å². The van der Waals surface area contributed by atoms with E-state index in [2.05, 4.69) is 25.8 Å². The van der Waals surface area contributed by atoms with Crippen LogP contribution in [0.25, 0.3) is 0 Å². The zero-order valence-electron chi connectivity index (χ0n) is 8.66. The standard InChI is InChI=1S/C9H10N6O/c1-7-2-3-10-8(4-7)12-9(16)5-15-6-11-13-14-15/h2-4,6H,5H2,1H3,(H,10,12,16). The Bertz CT molecular complexity index is 481. The maximum atomic E-state index is 11.5. The van der Waals surface area contributed by atoms with Gasteiger partial charge in [-0.1, -0.05) is 0 Å². The van der Waals surface area contributed by atoms with Crippen LogP contribution in [0.15, 0.2) is 24.7 Å². The highest BCUT2D eigenvalue weighted by molar-refractivity contribution is 5.89. The third-order valence-corrected chi connectivity index (χ3v) is 1.88. The Kier molecular flexibility index (Phi) is 2.86. The van der Waals surface area contributed by atoms with Gasteiger partial charge in [-0.3, -0.25) is 4.79 Å². The molecule has 7 nitrogen and oxygen atoms in total. The second-order valence-corrected chi connectivity index (χ2v) is 3.27. The van der Waals surface area contributed by atoms with Crippen LogP contribution in [0.3, 0.4) is 0 Å². The number of aryl methyl sites for hydroxylation is 1. The minimum absolute atomic E-state index is 0.0720. The molecule has 0 radical (unpaired) electrons. The van der Waals surface area contributed by atoms with Gasteiger partial charge < -0.3 is 5.32 Å². The molecule has 82 valence electrons. The molecule has 1 amide bonds. The number of hydrogen-bond donors (Lipinski definition) is 1. The number of tetrazole rings is 1. The van der Waals surface area contributed by atoms with Crippen LogP contribution < -0.4 is 5.32 Å². The van der Waals surface area contributed by atoms with Crippen molar-refractivity contribution in [2.75, 3.05) is 5.32 Å². The van der Waals surface area contributed by atoms with Crippen LogP contribution in [0.2, 0.25) is 0 Å². The lowest BCUT2D eigenvalue weighted by Gasteiger charge is -2.03. The minimum atomic E-state index is -0.217. The van der Waals surface area contributed by atoms with Gasteiger partial charge in [0.05, 0.1) is 0 Å². The second-order valence-electron chi connectivity index (χ2n) is 3.27. The van der Waals surface area contributed by atoms with E-state index in [9.17, 15) is 4.79 Å². The Hall–Kier alpha value is -2.31. The highest BCUT2D eigenvalue weighted by Gasteiger charge is 2.04. The van der Waals surface area contributed by atoms with Crippen molar-refractivity contribution in [2.45, 2.75) is 13.5 Å². The molecule has 2 rings (SSSR count). The summed E-state index contributed by atoms with van der Waals surface area (Å²) in [7, 11) is 0. The van der Waals surface area contributed by atoms with Crippen molar-refractivity contribution in [1.82, 2.24) is 25.2 Å². The molecular weight excluding hydrogens is 208 g/mol. The Morgan fingerprint density at radius 2 is 2.44 bits per heavy atom. The summed E-state index contributed by atoms with van der Waals surface area (Å²) >= 11 is 0. The molecule has 0 fully saturated rings. The smallest absolute Gasteiger partial charge is 0.247 e. The van der Waals surface area contributed by atoms with Crippen molar-refractivity contribution >= 4 is 11.7 Å². The summed E-state index contributed by atoms with van der Waals surface area (Å²) in [5.41, 5.74) is 1.03. The molecule has 0 aliphatic heterocycles. The fraction of sp³-hybridized carbons (Fsp3) is 0.222. The van der Waals surface area contributed by atoms with Gasteiger partial charge >= 0.3 is 0 Å². The first-order valence-corrected chi connectivity index (χ1v) is 4.67. The molecule has 0 aliphatic rings. The van der Waals surface area contributed by atoms with Gasteiger partial charge in [-0.2, -0.15) is 0 Å². The SMILES string of the molecule is Cc1ccnc(NC(=O)Cn2cnnn2)c1. The zero-order chi connectivity index (χ0) is 11.4. The average molecular weight is 218 g/mol. The average Bonchev–Trinajstić information content (AvgIpc) is 2.70. The zero-order valence-corrected chi connectivity index (χ0v) is 8.66. The lowest BCUT2D eigenvalue weighted by molar-refractivity contribution is -0.116. The Morgan fingerprint density at radius 3 is 3.12 bits per heavy atom. The van der Waals surface area contributed by atoms with Crippen molar-refractivity contribution in [2.24, 2.45) is 0 Å². The van der Waals surface area contributed by atoms with Crippen molar-refractivity contribution in [3.8, 4) is 0 Å². The number of amides is 1. The molecule has 2 heterocycles. The fourth-order valence-corrected chi connectivity index (χ4v) is 1.19. The van der Waals surface area contributed by atoms with Crippen LogP contribution >= 0.6 is 0 Å². The number of carbonyl (C=O) groups excluding carboxylic acids is 1. The fourth-order valence-electron chi connectivity index (χ4n) is 1.19. The lowest BCUT2D eigenvalue weighted by atomic mass is 10.3. The summed E-state index contributed by atoms with van der Waals surface area (Å²) in [5.74, 6) is 0.309. The van der Waals surface area contributed by atoms with Gasteiger partial charge in [0.2, 0.25) is 5.91 Å². The van der Waals surface area contributed by atoms with Crippen LogP contribution in [0.4, 0.5) is 5.82 Å². The van der Waals surface area contributed by atoms with E-state index in [1.54, 1.807) is 12.3 Å². The van der Waals surface area contributed by atoms with Crippen LogP contribution in [0.5, 0.6) is 0 Å². The summed E-state index contributed by atoms with van der Waals surface area (Å²) in [6.07, 6.45) is 3.02. The molecule has 16 heavy (non-hydrogen) atoms. The first-order chi connectivity index (χ1) is 7.74. The van der Waals surface area contributed by atoms with E-state index in [1.807, 2.05) is 13.0 Å². The van der Waals surface area contributed by atoms with Crippen molar-refractivity contribution in [3.05, 3.63) is 30.2 Å². The monoisotopic (exact) mass is 218 g/mol. The molecule has 7 heteroatoms. The molecule has 0 spiro atoms. The molecule has 0 bridgehead atoms. The Morgan fingerprint density at radius 1 is 1.56 bits per heavy atom. The van der Waals surface area contributed by atoms with Crippen LogP contribution in [-0.2, 0) is 11.3 Å². The first-order valence-electron chi connectivity index (χ1n) is 4.67. The molecule has 0 saturated heterocycles. The second kappa shape index (κ2) is 4.47. The maximum Gasteiger partial charge on any atom is 0.247 e. The van der Waals surface area contributed by atoms with Gasteiger partial charge in [-0.25, -0.2) is 9.67 Å². The quantitative estimate of drug-likeness (QED) is 0.784. The number of aromatic nitrogens is 5. The molecule has 0 saturated carbocycles. The molecule has 2 aromatic heterocycles. The summed E-state index contributed by atoms with van der Waals surface area (Å²) in [5, 5.41) is 13.1. The lowest BCUT2D eigenvalue weighted by Crippen LogP contribution is -2.19. The van der Waals surface area contributed by atoms with E-state index in [4.69, 9.17) is 0 Å². The summed E-state index contributed by atoms with van der Waals surface area (Å²) < 4.78 is 1.34. The number of pyridine rings is 1. The molecule has 0 aromatic carbocycles. The predicted octanol–water partition coefficient (Wildman–Crippen LogP) is 0.0152. The first kappa shape index (κ1) is 10.2. The largest absolute Gasteiger partial charge is 0.309 e. The van der Waals surface area contributed by atoms with E-state index >= 15 is 0 Å². The topological polar surface area (TPSA) is 85.6 Å². The Labute approximate surface area is 91.5 Å². The number of anilines is 1. The highest BCUT2D eigenvalue weighted by atomic mass is 16.2. The van der Waals surface area contributed by atoms with Gasteiger partial charge in [0.1, 0.15) is 18.7 Å². The van der Waals surface area contributed by atoms with Crippen LogP contribution in [0, 0.1) is 6.92 Å². The van der Waals surface area contributed by atoms with Crippen molar-refractivity contribution in [3.63, 3.8) is 0 Å². The van der Waals surface area contributed by atoms with Gasteiger partial charge in [0, 0.05) is 6.20 Å². The number of rotatable bonds is 3. The number of nitrogens with zero attached hydrogens (tertiary/aromatic N) is 5. The summed E-state index contributed by atoms with van der Waals surface area (Å²) in [4.78, 5) is 15.5. The van der Waals surface area contributed by atoms with E-state index in [0.717, 1.165) is 5.56 Å². The van der Waals surface area contributed by atoms with Crippen molar-refractivity contribution in [1.29, 1.82) is 0 Å². The summed E-state index contributed by atoms with van der Waals surface area (Å²) in [6.45, 7) is 2.00. The van der Waals surface area contributed by atoms with Crippen LogP contribution in [-0.4, -0.2) is 31.1 Å². The Balaban J connectivity index is 1.97. The highest BCUT2D eigenvalue weighted by Crippen LogP contribution is 2.04. The van der Waals surface area contributed by atoms with E-state index in [1.165, 1.54) is 11.0 Å². The van der Waals surface area contributed by atoms with Gasteiger partial charge in [0.15, 0.2) is 0 Å². The molecule has 0 atom stereocenters. The predicted molar refractivity (Wildman–Crippen MR) is 55.4 cm³/mol. The number of hydrogen-bond acceptors (Lipinski definition) is 5. The third kappa shape index (κ3) is 2.59. The van der Waals surface area contributed by atoms with Crippen molar-refractivity contribution < 1.29 is 4.79 Å². The number of carbonyl (C=O) groups is 1. The number of nitrogens with one attached hydrogen (secondary N) is 1. The minimum Gasteiger partial charge on any atom is -0.309 e. The van der Waals surface area contributed by atoms with Crippen LogP contribution in [0.1, 0.15) is 5.56 Å². The third-order valence-electron chi connectivity index (χ3n) is 1.88. The molecule has 2 aromatic rings. The van der Waals surface area contributed by atoms with Gasteiger partial charge in [-0.15, -0.1) is 5.10 Å². The normalized spacial score (nSPS) is 10.1. The maximum absolute atomic E-state index is 11.5. The van der Waals surface area contributed by atoms with Gasteiger partial charge in [-0.05, 0) is 35.0 Å². The van der Waals surface area contributed by atoms with Gasteiger partial charge in [0.25, 0.3) is 0 Å². The molecule has 1 N–H and O–H groups in total. The molecular formula is C9H10N6O. The van der Waals surface area contributed by atoms with E-state index in [0.29, 0.717) is 5.82 Å².